The van der Waals surface area contributed by atoms with Crippen molar-refractivity contribution in [3.8, 4) is 0 Å². The Kier molecular flexibility index (Phi) is 4.48. The zero-order valence-corrected chi connectivity index (χ0v) is 10.6. The predicted molar refractivity (Wildman–Crippen MR) is 69.6 cm³/mol. The lowest BCUT2D eigenvalue weighted by Crippen LogP contribution is -2.26. The number of nitrogens with two attached hydrogens (primary N) is 1. The van der Waals surface area contributed by atoms with Gasteiger partial charge in [-0.15, -0.1) is 0 Å². The van der Waals surface area contributed by atoms with Crippen LogP contribution in [0.25, 0.3) is 0 Å². The molecule has 1 aliphatic carbocycles. The van der Waals surface area contributed by atoms with E-state index in [4.69, 9.17) is 5.73 Å². The summed E-state index contributed by atoms with van der Waals surface area (Å²) in [6, 6.07) is 6.32. The fourth-order valence-corrected chi connectivity index (χ4v) is 2.71. The summed E-state index contributed by atoms with van der Waals surface area (Å²) in [4.78, 5) is 12.1. The van der Waals surface area contributed by atoms with Gasteiger partial charge in [-0.2, -0.15) is 0 Å². The average molecular weight is 249 g/mol. The molecule has 2 rings (SSSR count). The van der Waals surface area contributed by atoms with E-state index in [1.165, 1.54) is 12.1 Å². The first-order chi connectivity index (χ1) is 8.69. The molecule has 0 radical (unpaired) electrons. The van der Waals surface area contributed by atoms with Gasteiger partial charge < -0.3 is 5.73 Å². The Balaban J connectivity index is 1.89. The number of ketones is 1. The summed E-state index contributed by atoms with van der Waals surface area (Å²) in [5.74, 6) is 0.711. The van der Waals surface area contributed by atoms with Gasteiger partial charge in [-0.05, 0) is 55.8 Å². The normalized spacial score (nSPS) is 23.9. The molecule has 0 heterocycles. The Bertz CT molecular complexity index is 411. The molecular weight excluding hydrogens is 229 g/mol. The van der Waals surface area contributed by atoms with Crippen LogP contribution in [0.15, 0.2) is 24.3 Å². The molecule has 0 unspecified atom stereocenters. The zero-order chi connectivity index (χ0) is 13.0. The Morgan fingerprint density at radius 1 is 1.28 bits per heavy atom. The van der Waals surface area contributed by atoms with Crippen molar-refractivity contribution in [2.45, 2.75) is 32.1 Å². The lowest BCUT2D eigenvalue weighted by Gasteiger charge is -2.26. The van der Waals surface area contributed by atoms with Crippen LogP contribution in [0.2, 0.25) is 0 Å². The van der Waals surface area contributed by atoms with Crippen molar-refractivity contribution in [2.75, 3.05) is 6.54 Å². The highest BCUT2D eigenvalue weighted by atomic mass is 19.1. The largest absolute Gasteiger partial charge is 0.330 e. The number of carbonyl (C=O) groups excluding carboxylic acids is 1. The monoisotopic (exact) mass is 249 g/mol. The second-order valence-electron chi connectivity index (χ2n) is 5.23. The molecule has 0 amide bonds. The van der Waals surface area contributed by atoms with Crippen LogP contribution in [-0.4, -0.2) is 12.3 Å². The molecule has 0 bridgehead atoms. The SMILES string of the molecule is NCC1CCC(C(=O)Cc2cccc(F)c2)CC1. The van der Waals surface area contributed by atoms with Crippen LogP contribution in [0.5, 0.6) is 0 Å². The summed E-state index contributed by atoms with van der Waals surface area (Å²) < 4.78 is 13.0. The van der Waals surface area contributed by atoms with E-state index in [-0.39, 0.29) is 17.5 Å². The van der Waals surface area contributed by atoms with Gasteiger partial charge in [0.05, 0.1) is 0 Å². The third-order valence-electron chi connectivity index (χ3n) is 3.90. The zero-order valence-electron chi connectivity index (χ0n) is 10.6. The molecule has 0 aromatic heterocycles. The van der Waals surface area contributed by atoms with Gasteiger partial charge in [0, 0.05) is 12.3 Å². The van der Waals surface area contributed by atoms with Crippen LogP contribution < -0.4 is 5.73 Å². The van der Waals surface area contributed by atoms with Crippen molar-refractivity contribution in [1.29, 1.82) is 0 Å². The lowest BCUT2D eigenvalue weighted by atomic mass is 9.79. The number of hydrogen-bond acceptors (Lipinski definition) is 2. The molecule has 1 saturated carbocycles. The van der Waals surface area contributed by atoms with E-state index in [1.807, 2.05) is 6.07 Å². The molecule has 0 spiro atoms. The van der Waals surface area contributed by atoms with Gasteiger partial charge in [-0.25, -0.2) is 4.39 Å². The van der Waals surface area contributed by atoms with Crippen molar-refractivity contribution in [3.63, 3.8) is 0 Å². The second kappa shape index (κ2) is 6.10. The Labute approximate surface area is 107 Å². The van der Waals surface area contributed by atoms with Crippen molar-refractivity contribution in [1.82, 2.24) is 0 Å². The quantitative estimate of drug-likeness (QED) is 0.891. The molecule has 0 atom stereocenters. The van der Waals surface area contributed by atoms with Gasteiger partial charge >= 0.3 is 0 Å². The Morgan fingerprint density at radius 2 is 2.00 bits per heavy atom. The molecule has 2 N–H and O–H groups in total. The van der Waals surface area contributed by atoms with Crippen molar-refractivity contribution in [2.24, 2.45) is 17.6 Å². The highest BCUT2D eigenvalue weighted by Gasteiger charge is 2.25. The standard InChI is InChI=1S/C15H20FNO/c16-14-3-1-2-12(8-14)9-15(18)13-6-4-11(10-17)5-7-13/h1-3,8,11,13H,4-7,9-10,17H2. The highest BCUT2D eigenvalue weighted by molar-refractivity contribution is 5.83. The van der Waals surface area contributed by atoms with Crippen molar-refractivity contribution >= 4 is 5.78 Å². The molecule has 0 aliphatic heterocycles. The van der Waals surface area contributed by atoms with Crippen molar-refractivity contribution < 1.29 is 9.18 Å². The third kappa shape index (κ3) is 3.39. The van der Waals surface area contributed by atoms with E-state index >= 15 is 0 Å². The van der Waals surface area contributed by atoms with Gasteiger partial charge in [-0.1, -0.05) is 12.1 Å². The van der Waals surface area contributed by atoms with E-state index in [0.717, 1.165) is 37.8 Å². The van der Waals surface area contributed by atoms with Gasteiger partial charge in [0.25, 0.3) is 0 Å². The van der Waals surface area contributed by atoms with Gasteiger partial charge in [0.15, 0.2) is 0 Å². The van der Waals surface area contributed by atoms with Crippen LogP contribution >= 0.6 is 0 Å². The number of benzene rings is 1. The van der Waals surface area contributed by atoms with E-state index < -0.39 is 0 Å². The first kappa shape index (κ1) is 13.2. The fourth-order valence-electron chi connectivity index (χ4n) is 2.71. The number of hydrogen-bond donors (Lipinski definition) is 1. The van der Waals surface area contributed by atoms with E-state index in [2.05, 4.69) is 0 Å². The minimum Gasteiger partial charge on any atom is -0.330 e. The maximum Gasteiger partial charge on any atom is 0.140 e. The van der Waals surface area contributed by atoms with Crippen LogP contribution in [0.1, 0.15) is 31.2 Å². The van der Waals surface area contributed by atoms with Crippen LogP contribution in [-0.2, 0) is 11.2 Å². The highest BCUT2D eigenvalue weighted by Crippen LogP contribution is 2.29. The van der Waals surface area contributed by atoms with Gasteiger partial charge in [0.2, 0.25) is 0 Å². The first-order valence-electron chi connectivity index (χ1n) is 6.66. The number of halogens is 1. The molecule has 98 valence electrons. The number of carbonyl (C=O) groups is 1. The summed E-state index contributed by atoms with van der Waals surface area (Å²) in [6.45, 7) is 0.727. The van der Waals surface area contributed by atoms with E-state index in [9.17, 15) is 9.18 Å². The molecule has 1 aliphatic rings. The van der Waals surface area contributed by atoms with E-state index in [1.54, 1.807) is 6.07 Å². The molecule has 18 heavy (non-hydrogen) atoms. The minimum absolute atomic E-state index is 0.149. The summed E-state index contributed by atoms with van der Waals surface area (Å²) >= 11 is 0. The Hall–Kier alpha value is -1.22. The Morgan fingerprint density at radius 3 is 2.61 bits per heavy atom. The summed E-state index contributed by atoms with van der Waals surface area (Å²) in [5.41, 5.74) is 6.42. The summed E-state index contributed by atoms with van der Waals surface area (Å²) in [5, 5.41) is 0. The maximum atomic E-state index is 13.0. The molecular formula is C15H20FNO. The van der Waals surface area contributed by atoms with Gasteiger partial charge in [0.1, 0.15) is 11.6 Å². The third-order valence-corrected chi connectivity index (χ3v) is 3.90. The summed E-state index contributed by atoms with van der Waals surface area (Å²) in [6.07, 6.45) is 4.34. The van der Waals surface area contributed by atoms with Crippen molar-refractivity contribution in [3.05, 3.63) is 35.6 Å². The van der Waals surface area contributed by atoms with E-state index in [0.29, 0.717) is 12.3 Å². The smallest absolute Gasteiger partial charge is 0.140 e. The number of rotatable bonds is 4. The topological polar surface area (TPSA) is 43.1 Å². The minimum atomic E-state index is -0.271. The van der Waals surface area contributed by atoms with Crippen LogP contribution in [0, 0.1) is 17.7 Å². The average Bonchev–Trinajstić information content (AvgIpc) is 2.39. The predicted octanol–water partition coefficient (Wildman–Crippen LogP) is 2.70. The molecule has 1 fully saturated rings. The molecule has 1 aromatic rings. The molecule has 2 nitrogen and oxygen atoms in total. The molecule has 3 heteroatoms. The fraction of sp³-hybridized carbons (Fsp3) is 0.533. The first-order valence-corrected chi connectivity index (χ1v) is 6.66. The molecule has 1 aromatic carbocycles. The van der Waals surface area contributed by atoms with Crippen LogP contribution in [0.4, 0.5) is 4.39 Å². The summed E-state index contributed by atoms with van der Waals surface area (Å²) in [7, 11) is 0. The molecule has 0 saturated heterocycles. The van der Waals surface area contributed by atoms with Gasteiger partial charge in [-0.3, -0.25) is 4.79 Å². The number of Topliss-reactive ketones (excluding diaryl/α,β-unsaturated/α-hetero) is 1. The van der Waals surface area contributed by atoms with Crippen LogP contribution in [0.3, 0.4) is 0 Å². The lowest BCUT2D eigenvalue weighted by molar-refractivity contribution is -0.123. The maximum absolute atomic E-state index is 13.0. The second-order valence-corrected chi connectivity index (χ2v) is 5.23.